The van der Waals surface area contributed by atoms with Crippen LogP contribution in [0.4, 0.5) is 0 Å². The molecular formula is C15H27NO. The summed E-state index contributed by atoms with van der Waals surface area (Å²) in [5.74, 6) is 0. The normalized spacial score (nSPS) is 29.4. The van der Waals surface area contributed by atoms with Crippen LogP contribution in [0, 0.1) is 0 Å². The van der Waals surface area contributed by atoms with Crippen LogP contribution in [-0.2, 0) is 4.74 Å². The SMILES string of the molecule is C=CCC(C)NCC1CCC2(CCCCC2)O1. The molecule has 2 aliphatic rings. The van der Waals surface area contributed by atoms with E-state index in [0.29, 0.717) is 12.1 Å². The van der Waals surface area contributed by atoms with Gasteiger partial charge in [-0.05, 0) is 39.0 Å². The Labute approximate surface area is 106 Å². The van der Waals surface area contributed by atoms with Gasteiger partial charge in [-0.3, -0.25) is 0 Å². The van der Waals surface area contributed by atoms with E-state index < -0.39 is 0 Å². The average molecular weight is 237 g/mol. The molecule has 1 aliphatic heterocycles. The Balaban J connectivity index is 1.72. The molecule has 17 heavy (non-hydrogen) atoms. The highest BCUT2D eigenvalue weighted by molar-refractivity contribution is 4.92. The molecule has 1 N–H and O–H groups in total. The second-order valence-electron chi connectivity index (χ2n) is 5.86. The summed E-state index contributed by atoms with van der Waals surface area (Å²) in [5.41, 5.74) is 0.270. The highest BCUT2D eigenvalue weighted by atomic mass is 16.5. The first kappa shape index (κ1) is 13.1. The minimum Gasteiger partial charge on any atom is -0.370 e. The molecule has 2 rings (SSSR count). The van der Waals surface area contributed by atoms with Gasteiger partial charge in [-0.25, -0.2) is 0 Å². The maximum Gasteiger partial charge on any atom is 0.0708 e. The molecule has 1 saturated carbocycles. The van der Waals surface area contributed by atoms with Gasteiger partial charge in [0.15, 0.2) is 0 Å². The summed E-state index contributed by atoms with van der Waals surface area (Å²) in [7, 11) is 0. The van der Waals surface area contributed by atoms with Crippen molar-refractivity contribution >= 4 is 0 Å². The van der Waals surface area contributed by atoms with E-state index in [1.165, 1.54) is 44.9 Å². The summed E-state index contributed by atoms with van der Waals surface area (Å²) in [6.45, 7) is 7.00. The molecular weight excluding hydrogens is 210 g/mol. The third-order valence-corrected chi connectivity index (χ3v) is 4.32. The third-order valence-electron chi connectivity index (χ3n) is 4.32. The quantitative estimate of drug-likeness (QED) is 0.740. The average Bonchev–Trinajstić information content (AvgIpc) is 2.71. The minimum atomic E-state index is 0.270. The predicted octanol–water partition coefficient (Wildman–Crippen LogP) is 3.42. The summed E-state index contributed by atoms with van der Waals surface area (Å²) < 4.78 is 6.33. The lowest BCUT2D eigenvalue weighted by atomic mass is 9.83. The van der Waals surface area contributed by atoms with Gasteiger partial charge in [0.25, 0.3) is 0 Å². The molecule has 0 bridgehead atoms. The van der Waals surface area contributed by atoms with Crippen LogP contribution in [0.3, 0.4) is 0 Å². The maximum absolute atomic E-state index is 6.33. The van der Waals surface area contributed by atoms with Crippen molar-refractivity contribution in [3.05, 3.63) is 12.7 Å². The van der Waals surface area contributed by atoms with E-state index in [4.69, 9.17) is 4.74 Å². The fourth-order valence-corrected chi connectivity index (χ4v) is 3.27. The van der Waals surface area contributed by atoms with Crippen LogP contribution in [-0.4, -0.2) is 24.3 Å². The van der Waals surface area contributed by atoms with Gasteiger partial charge in [0.2, 0.25) is 0 Å². The van der Waals surface area contributed by atoms with Crippen LogP contribution < -0.4 is 5.32 Å². The van der Waals surface area contributed by atoms with E-state index in [0.717, 1.165) is 13.0 Å². The van der Waals surface area contributed by atoms with Crippen LogP contribution in [0.25, 0.3) is 0 Å². The molecule has 2 atom stereocenters. The smallest absolute Gasteiger partial charge is 0.0708 e. The molecule has 0 amide bonds. The Morgan fingerprint density at radius 3 is 2.82 bits per heavy atom. The van der Waals surface area contributed by atoms with E-state index in [-0.39, 0.29) is 5.60 Å². The van der Waals surface area contributed by atoms with E-state index in [2.05, 4.69) is 18.8 Å². The standard InChI is InChI=1S/C15H27NO/c1-3-7-13(2)16-12-14-8-11-15(17-14)9-5-4-6-10-15/h3,13-14,16H,1,4-12H2,2H3. The second kappa shape index (κ2) is 6.01. The highest BCUT2D eigenvalue weighted by Gasteiger charge is 2.40. The Morgan fingerprint density at radius 1 is 1.35 bits per heavy atom. The maximum atomic E-state index is 6.33. The summed E-state index contributed by atoms with van der Waals surface area (Å²) in [6, 6.07) is 0.527. The van der Waals surface area contributed by atoms with Crippen LogP contribution >= 0.6 is 0 Å². The lowest BCUT2D eigenvalue weighted by Crippen LogP contribution is -2.37. The van der Waals surface area contributed by atoms with Gasteiger partial charge in [-0.2, -0.15) is 0 Å². The molecule has 2 unspecified atom stereocenters. The summed E-state index contributed by atoms with van der Waals surface area (Å²) in [5, 5.41) is 3.55. The third kappa shape index (κ3) is 3.56. The Bertz CT molecular complexity index is 245. The van der Waals surface area contributed by atoms with Crippen LogP contribution in [0.2, 0.25) is 0 Å². The van der Waals surface area contributed by atoms with E-state index in [1.807, 2.05) is 6.08 Å². The first-order valence-electron chi connectivity index (χ1n) is 7.26. The van der Waals surface area contributed by atoms with Crippen molar-refractivity contribution in [1.29, 1.82) is 0 Å². The molecule has 98 valence electrons. The first-order valence-corrected chi connectivity index (χ1v) is 7.26. The lowest BCUT2D eigenvalue weighted by molar-refractivity contribution is -0.0628. The fourth-order valence-electron chi connectivity index (χ4n) is 3.27. The van der Waals surface area contributed by atoms with E-state index >= 15 is 0 Å². The zero-order valence-electron chi connectivity index (χ0n) is 11.2. The van der Waals surface area contributed by atoms with Crippen LogP contribution in [0.5, 0.6) is 0 Å². The van der Waals surface area contributed by atoms with E-state index in [9.17, 15) is 0 Å². The molecule has 2 nitrogen and oxygen atoms in total. The molecule has 1 aliphatic carbocycles. The van der Waals surface area contributed by atoms with Gasteiger partial charge < -0.3 is 10.1 Å². The fraction of sp³-hybridized carbons (Fsp3) is 0.867. The van der Waals surface area contributed by atoms with Gasteiger partial charge >= 0.3 is 0 Å². The zero-order chi connectivity index (χ0) is 12.1. The zero-order valence-corrected chi connectivity index (χ0v) is 11.2. The van der Waals surface area contributed by atoms with Crippen LogP contribution in [0.15, 0.2) is 12.7 Å². The lowest BCUT2D eigenvalue weighted by Gasteiger charge is -2.33. The Kier molecular flexibility index (Phi) is 4.63. The van der Waals surface area contributed by atoms with Gasteiger partial charge in [0.05, 0.1) is 11.7 Å². The first-order chi connectivity index (χ1) is 8.24. The van der Waals surface area contributed by atoms with Crippen molar-refractivity contribution in [3.8, 4) is 0 Å². The number of ether oxygens (including phenoxy) is 1. The molecule has 2 heteroatoms. The topological polar surface area (TPSA) is 21.3 Å². The van der Waals surface area contributed by atoms with Crippen molar-refractivity contribution < 1.29 is 4.74 Å². The molecule has 1 saturated heterocycles. The van der Waals surface area contributed by atoms with Gasteiger partial charge in [-0.15, -0.1) is 6.58 Å². The van der Waals surface area contributed by atoms with Crippen molar-refractivity contribution in [2.45, 2.75) is 76.0 Å². The van der Waals surface area contributed by atoms with Crippen molar-refractivity contribution in [2.24, 2.45) is 0 Å². The highest BCUT2D eigenvalue weighted by Crippen LogP contribution is 2.41. The largest absolute Gasteiger partial charge is 0.370 e. The molecule has 1 heterocycles. The second-order valence-corrected chi connectivity index (χ2v) is 5.86. The Hall–Kier alpha value is -0.340. The number of hydrogen-bond acceptors (Lipinski definition) is 2. The van der Waals surface area contributed by atoms with Gasteiger partial charge in [0, 0.05) is 12.6 Å². The van der Waals surface area contributed by atoms with E-state index in [1.54, 1.807) is 0 Å². The summed E-state index contributed by atoms with van der Waals surface area (Å²) >= 11 is 0. The van der Waals surface area contributed by atoms with Crippen LogP contribution in [0.1, 0.15) is 58.3 Å². The molecule has 0 aromatic heterocycles. The predicted molar refractivity (Wildman–Crippen MR) is 72.2 cm³/mol. The summed E-state index contributed by atoms with van der Waals surface area (Å²) in [4.78, 5) is 0. The van der Waals surface area contributed by atoms with Gasteiger partial charge in [-0.1, -0.05) is 25.3 Å². The molecule has 0 aromatic carbocycles. The molecule has 0 aromatic rings. The summed E-state index contributed by atoms with van der Waals surface area (Å²) in [6.07, 6.45) is 12.7. The monoisotopic (exact) mass is 237 g/mol. The Morgan fingerprint density at radius 2 is 2.12 bits per heavy atom. The van der Waals surface area contributed by atoms with Crippen molar-refractivity contribution in [1.82, 2.24) is 5.32 Å². The van der Waals surface area contributed by atoms with Crippen molar-refractivity contribution in [2.75, 3.05) is 6.54 Å². The number of nitrogens with one attached hydrogen (secondary N) is 1. The van der Waals surface area contributed by atoms with Gasteiger partial charge in [0.1, 0.15) is 0 Å². The molecule has 0 radical (unpaired) electrons. The molecule has 2 fully saturated rings. The number of rotatable bonds is 5. The minimum absolute atomic E-state index is 0.270. The molecule has 1 spiro atoms. The van der Waals surface area contributed by atoms with Crippen molar-refractivity contribution in [3.63, 3.8) is 0 Å². The number of hydrogen-bond donors (Lipinski definition) is 1.